The van der Waals surface area contributed by atoms with Crippen LogP contribution in [0.15, 0.2) is 40.4 Å². The van der Waals surface area contributed by atoms with Gasteiger partial charge in [-0.3, -0.25) is 4.68 Å². The Labute approximate surface area is 107 Å². The molecule has 0 spiro atoms. The van der Waals surface area contributed by atoms with Crippen LogP contribution in [0.5, 0.6) is 0 Å². The van der Waals surface area contributed by atoms with Crippen molar-refractivity contribution >= 4 is 29.3 Å². The molecule has 0 unspecified atom stereocenters. The first kappa shape index (κ1) is 12.0. The van der Waals surface area contributed by atoms with E-state index in [2.05, 4.69) is 5.10 Å². The lowest BCUT2D eigenvalue weighted by Crippen LogP contribution is -1.99. The van der Waals surface area contributed by atoms with E-state index in [-0.39, 0.29) is 10.6 Å². The number of nitrogens with zero attached hydrogens (tertiary/aromatic N) is 2. The Morgan fingerprint density at radius 3 is 2.88 bits per heavy atom. The molecular weight excluding hydrogens is 260 g/mol. The number of aryl methyl sites for hydroxylation is 1. The van der Waals surface area contributed by atoms with Crippen molar-refractivity contribution in [2.24, 2.45) is 7.05 Å². The van der Waals surface area contributed by atoms with E-state index in [0.29, 0.717) is 4.90 Å². The second-order valence-electron chi connectivity index (χ2n) is 3.37. The summed E-state index contributed by atoms with van der Waals surface area (Å²) in [6.07, 6.45) is 3.49. The standard InChI is InChI=1S/C11H9ClN2O2S/c1-14-6-7(5-13-14)17-9-4-2-3-8(12)10(9)11(15)16/h2-6H,1H3,(H,15,16). The number of hydrogen-bond acceptors (Lipinski definition) is 3. The summed E-state index contributed by atoms with van der Waals surface area (Å²) in [4.78, 5) is 12.6. The molecule has 0 radical (unpaired) electrons. The highest BCUT2D eigenvalue weighted by Gasteiger charge is 2.15. The van der Waals surface area contributed by atoms with Gasteiger partial charge in [0.2, 0.25) is 0 Å². The second-order valence-corrected chi connectivity index (χ2v) is 4.89. The van der Waals surface area contributed by atoms with Crippen LogP contribution in [0, 0.1) is 0 Å². The molecule has 88 valence electrons. The number of carboxylic acid groups (broad SMARTS) is 1. The Morgan fingerprint density at radius 2 is 2.29 bits per heavy atom. The van der Waals surface area contributed by atoms with Crippen LogP contribution in [-0.2, 0) is 7.05 Å². The van der Waals surface area contributed by atoms with Crippen molar-refractivity contribution in [2.45, 2.75) is 9.79 Å². The van der Waals surface area contributed by atoms with Crippen LogP contribution in [0.2, 0.25) is 5.02 Å². The molecule has 2 rings (SSSR count). The molecule has 0 saturated heterocycles. The molecule has 0 amide bonds. The number of hydrogen-bond donors (Lipinski definition) is 1. The summed E-state index contributed by atoms with van der Waals surface area (Å²) in [7, 11) is 1.81. The third kappa shape index (κ3) is 2.62. The fourth-order valence-electron chi connectivity index (χ4n) is 1.38. The van der Waals surface area contributed by atoms with Crippen molar-refractivity contribution in [3.05, 3.63) is 41.2 Å². The quantitative estimate of drug-likeness (QED) is 0.930. The molecular formula is C11H9ClN2O2S. The molecule has 2 aromatic rings. The van der Waals surface area contributed by atoms with E-state index in [1.54, 1.807) is 36.1 Å². The Kier molecular flexibility index (Phi) is 3.40. The molecule has 1 aromatic carbocycles. The van der Waals surface area contributed by atoms with Crippen molar-refractivity contribution in [3.8, 4) is 0 Å². The van der Waals surface area contributed by atoms with Gasteiger partial charge in [-0.1, -0.05) is 29.4 Å². The molecule has 0 bridgehead atoms. The van der Waals surface area contributed by atoms with Gasteiger partial charge < -0.3 is 5.11 Å². The SMILES string of the molecule is Cn1cc(Sc2cccc(Cl)c2C(=O)O)cn1. The smallest absolute Gasteiger partial charge is 0.338 e. The topological polar surface area (TPSA) is 55.1 Å². The van der Waals surface area contributed by atoms with Crippen molar-refractivity contribution in [1.29, 1.82) is 0 Å². The summed E-state index contributed by atoms with van der Waals surface area (Å²) in [5.41, 5.74) is 0.128. The highest BCUT2D eigenvalue weighted by molar-refractivity contribution is 7.99. The zero-order valence-electron chi connectivity index (χ0n) is 8.92. The summed E-state index contributed by atoms with van der Waals surface area (Å²) in [5, 5.41) is 13.4. The van der Waals surface area contributed by atoms with Crippen molar-refractivity contribution < 1.29 is 9.90 Å². The van der Waals surface area contributed by atoms with Gasteiger partial charge in [-0.25, -0.2) is 4.79 Å². The maximum Gasteiger partial charge on any atom is 0.338 e. The van der Waals surface area contributed by atoms with Gasteiger partial charge in [-0.05, 0) is 12.1 Å². The first-order valence-electron chi connectivity index (χ1n) is 4.76. The molecule has 0 aliphatic carbocycles. The minimum Gasteiger partial charge on any atom is -0.478 e. The largest absolute Gasteiger partial charge is 0.478 e. The van der Waals surface area contributed by atoms with Gasteiger partial charge in [0.1, 0.15) is 0 Å². The Bertz CT molecular complexity index is 568. The number of carboxylic acids is 1. The van der Waals surface area contributed by atoms with E-state index in [1.165, 1.54) is 11.8 Å². The van der Waals surface area contributed by atoms with Gasteiger partial charge in [0.05, 0.1) is 21.7 Å². The molecule has 0 aliphatic heterocycles. The average molecular weight is 269 g/mol. The highest BCUT2D eigenvalue weighted by Crippen LogP contribution is 2.33. The van der Waals surface area contributed by atoms with Gasteiger partial charge in [-0.2, -0.15) is 5.10 Å². The second kappa shape index (κ2) is 4.81. The van der Waals surface area contributed by atoms with Gasteiger partial charge in [0, 0.05) is 18.1 Å². The maximum absolute atomic E-state index is 11.1. The lowest BCUT2D eigenvalue weighted by atomic mass is 10.2. The van der Waals surface area contributed by atoms with Crippen LogP contribution in [0.3, 0.4) is 0 Å². The number of aromatic carboxylic acids is 1. The van der Waals surface area contributed by atoms with E-state index in [9.17, 15) is 4.79 Å². The van der Waals surface area contributed by atoms with Gasteiger partial charge in [-0.15, -0.1) is 0 Å². The lowest BCUT2D eigenvalue weighted by Gasteiger charge is -2.05. The molecule has 0 atom stereocenters. The monoisotopic (exact) mass is 268 g/mol. The third-order valence-electron chi connectivity index (χ3n) is 2.10. The average Bonchev–Trinajstić information content (AvgIpc) is 2.63. The number of benzene rings is 1. The van der Waals surface area contributed by atoms with E-state index in [1.807, 2.05) is 6.20 Å². The number of rotatable bonds is 3. The fraction of sp³-hybridized carbons (Fsp3) is 0.0909. The van der Waals surface area contributed by atoms with Crippen molar-refractivity contribution in [3.63, 3.8) is 0 Å². The zero-order chi connectivity index (χ0) is 12.4. The minimum atomic E-state index is -1.03. The van der Waals surface area contributed by atoms with Gasteiger partial charge >= 0.3 is 5.97 Å². The Balaban J connectivity index is 2.39. The molecule has 1 N–H and O–H groups in total. The molecule has 0 saturated carbocycles. The van der Waals surface area contributed by atoms with Gasteiger partial charge in [0.25, 0.3) is 0 Å². The number of halogens is 1. The molecule has 17 heavy (non-hydrogen) atoms. The predicted molar refractivity (Wildman–Crippen MR) is 65.7 cm³/mol. The third-order valence-corrected chi connectivity index (χ3v) is 3.42. The maximum atomic E-state index is 11.1. The highest BCUT2D eigenvalue weighted by atomic mass is 35.5. The van der Waals surface area contributed by atoms with E-state index < -0.39 is 5.97 Å². The molecule has 0 aliphatic rings. The predicted octanol–water partition coefficient (Wildman–Crippen LogP) is 2.92. The lowest BCUT2D eigenvalue weighted by molar-refractivity contribution is 0.0693. The molecule has 6 heteroatoms. The number of aromatic nitrogens is 2. The molecule has 4 nitrogen and oxygen atoms in total. The molecule has 1 heterocycles. The number of carbonyl (C=O) groups is 1. The minimum absolute atomic E-state index is 0.128. The first-order valence-corrected chi connectivity index (χ1v) is 5.95. The van der Waals surface area contributed by atoms with Crippen LogP contribution in [0.4, 0.5) is 0 Å². The van der Waals surface area contributed by atoms with E-state index in [0.717, 1.165) is 4.90 Å². The first-order chi connectivity index (χ1) is 8.08. The summed E-state index contributed by atoms with van der Waals surface area (Å²) >= 11 is 7.21. The van der Waals surface area contributed by atoms with Crippen LogP contribution < -0.4 is 0 Å². The van der Waals surface area contributed by atoms with Crippen molar-refractivity contribution in [1.82, 2.24) is 9.78 Å². The summed E-state index contributed by atoms with van der Waals surface area (Å²) in [5.74, 6) is -1.03. The molecule has 0 fully saturated rings. The summed E-state index contributed by atoms with van der Waals surface area (Å²) < 4.78 is 1.66. The van der Waals surface area contributed by atoms with E-state index in [4.69, 9.17) is 16.7 Å². The molecule has 1 aromatic heterocycles. The summed E-state index contributed by atoms with van der Waals surface area (Å²) in [6, 6.07) is 5.03. The Hall–Kier alpha value is -1.46. The van der Waals surface area contributed by atoms with Crippen LogP contribution in [0.1, 0.15) is 10.4 Å². The van der Waals surface area contributed by atoms with Crippen molar-refractivity contribution in [2.75, 3.05) is 0 Å². The normalized spacial score (nSPS) is 10.5. The summed E-state index contributed by atoms with van der Waals surface area (Å²) in [6.45, 7) is 0. The van der Waals surface area contributed by atoms with Crippen LogP contribution in [0.25, 0.3) is 0 Å². The van der Waals surface area contributed by atoms with Gasteiger partial charge in [0.15, 0.2) is 0 Å². The van der Waals surface area contributed by atoms with E-state index >= 15 is 0 Å². The fourth-order valence-corrected chi connectivity index (χ4v) is 2.69. The Morgan fingerprint density at radius 1 is 1.53 bits per heavy atom. The van der Waals surface area contributed by atoms with Crippen LogP contribution in [-0.4, -0.2) is 20.9 Å². The zero-order valence-corrected chi connectivity index (χ0v) is 10.5. The van der Waals surface area contributed by atoms with Crippen LogP contribution >= 0.6 is 23.4 Å².